The molecule has 7 nitrogen and oxygen atoms in total. The van der Waals surface area contributed by atoms with Crippen molar-refractivity contribution < 1.29 is 27.3 Å². The largest absolute Gasteiger partial charge is 0.469 e. The molecule has 2 heterocycles. The third-order valence-corrected chi connectivity index (χ3v) is 6.37. The second-order valence-corrected chi connectivity index (χ2v) is 8.36. The number of hydrogen-bond donors (Lipinski definition) is 1. The van der Waals surface area contributed by atoms with E-state index in [0.29, 0.717) is 22.6 Å². The van der Waals surface area contributed by atoms with Crippen LogP contribution in [0.1, 0.15) is 29.0 Å². The Bertz CT molecular complexity index is 1170. The molecule has 1 saturated heterocycles. The first-order valence-electron chi connectivity index (χ1n) is 9.82. The molecule has 3 aromatic rings. The van der Waals surface area contributed by atoms with Gasteiger partial charge >= 0.3 is 5.97 Å². The van der Waals surface area contributed by atoms with E-state index in [1.165, 1.54) is 19.2 Å². The van der Waals surface area contributed by atoms with Gasteiger partial charge in [0.05, 0.1) is 17.4 Å². The minimum atomic E-state index is -1.89. The number of esters is 1. The monoisotopic (exact) mass is 444 g/mol. The molecule has 0 aliphatic carbocycles. The van der Waals surface area contributed by atoms with E-state index in [1.807, 2.05) is 4.90 Å². The lowest BCUT2D eigenvalue weighted by Crippen LogP contribution is -2.36. The number of ether oxygens (including phenoxy) is 1. The molecule has 1 amide bonds. The van der Waals surface area contributed by atoms with E-state index in [4.69, 9.17) is 4.42 Å². The van der Waals surface area contributed by atoms with Gasteiger partial charge in [-0.05, 0) is 30.5 Å². The van der Waals surface area contributed by atoms with Crippen molar-refractivity contribution in [3.05, 3.63) is 59.6 Å². The fourth-order valence-electron chi connectivity index (χ4n) is 3.37. The van der Waals surface area contributed by atoms with E-state index >= 15 is 0 Å². The lowest BCUT2D eigenvalue weighted by molar-refractivity contribution is -0.140. The fourth-order valence-corrected chi connectivity index (χ4v) is 4.36. The molecule has 4 rings (SSSR count). The number of carbonyl (C=O) groups is 2. The molecule has 2 aromatic carbocycles. The third-order valence-electron chi connectivity index (χ3n) is 5.20. The van der Waals surface area contributed by atoms with Crippen molar-refractivity contribution in [3.8, 4) is 0 Å². The first-order valence-corrected chi connectivity index (χ1v) is 11.0. The number of carbonyl (C=O) groups excluding carboxylic acids is 2. The number of anilines is 1. The SMILES string of the molecule is COC(=O)CCc1ccccc1S(=O)NC(=O)c1cc2c(F)cc(N3CCC3)cc2o1. The molecule has 1 N–H and O–H groups in total. The lowest BCUT2D eigenvalue weighted by atomic mass is 10.1. The Labute approximate surface area is 180 Å². The summed E-state index contributed by atoms with van der Waals surface area (Å²) in [6, 6.07) is 11.2. The quantitative estimate of drug-likeness (QED) is 0.563. The van der Waals surface area contributed by atoms with Gasteiger partial charge in [-0.1, -0.05) is 18.2 Å². The number of hydrogen-bond acceptors (Lipinski definition) is 6. The summed E-state index contributed by atoms with van der Waals surface area (Å²) in [6.07, 6.45) is 1.50. The number of nitrogens with one attached hydrogen (secondary N) is 1. The molecule has 31 heavy (non-hydrogen) atoms. The van der Waals surface area contributed by atoms with Crippen LogP contribution in [0.3, 0.4) is 0 Å². The van der Waals surface area contributed by atoms with Crippen LogP contribution in [0.5, 0.6) is 0 Å². The van der Waals surface area contributed by atoms with Gasteiger partial charge in [-0.2, -0.15) is 0 Å². The number of amides is 1. The van der Waals surface area contributed by atoms with Crippen LogP contribution in [0.25, 0.3) is 11.0 Å². The number of nitrogens with zero attached hydrogens (tertiary/aromatic N) is 1. The smallest absolute Gasteiger partial charge is 0.305 e. The average Bonchev–Trinajstić information content (AvgIpc) is 3.16. The second kappa shape index (κ2) is 8.89. The first kappa shape index (κ1) is 21.0. The highest BCUT2D eigenvalue weighted by Crippen LogP contribution is 2.30. The van der Waals surface area contributed by atoms with Crippen LogP contribution < -0.4 is 9.62 Å². The van der Waals surface area contributed by atoms with Crippen molar-refractivity contribution in [2.75, 3.05) is 25.1 Å². The van der Waals surface area contributed by atoms with Crippen molar-refractivity contribution in [1.82, 2.24) is 4.72 Å². The Morgan fingerprint density at radius 3 is 2.71 bits per heavy atom. The molecular weight excluding hydrogens is 423 g/mol. The van der Waals surface area contributed by atoms with E-state index in [9.17, 15) is 18.2 Å². The van der Waals surface area contributed by atoms with Crippen LogP contribution in [0.4, 0.5) is 10.1 Å². The Morgan fingerprint density at radius 2 is 2.00 bits per heavy atom. The van der Waals surface area contributed by atoms with Crippen molar-refractivity contribution in [2.45, 2.75) is 24.2 Å². The number of furan rings is 1. The highest BCUT2D eigenvalue weighted by atomic mass is 32.2. The van der Waals surface area contributed by atoms with Gasteiger partial charge in [0.2, 0.25) is 0 Å². The molecule has 0 radical (unpaired) electrons. The second-order valence-electron chi connectivity index (χ2n) is 7.17. The molecular formula is C22H21FN2O5S. The van der Waals surface area contributed by atoms with Crippen molar-refractivity contribution >= 4 is 39.5 Å². The molecule has 1 fully saturated rings. The zero-order valence-corrected chi connectivity index (χ0v) is 17.7. The molecule has 1 aliphatic rings. The summed E-state index contributed by atoms with van der Waals surface area (Å²) in [6.45, 7) is 1.71. The summed E-state index contributed by atoms with van der Waals surface area (Å²) < 4.78 is 39.8. The topological polar surface area (TPSA) is 88.8 Å². The summed E-state index contributed by atoms with van der Waals surface area (Å²) in [4.78, 5) is 26.4. The van der Waals surface area contributed by atoms with Crippen LogP contribution in [0.15, 0.2) is 51.8 Å². The van der Waals surface area contributed by atoms with E-state index < -0.39 is 22.7 Å². The number of fused-ring (bicyclic) bond motifs is 1. The van der Waals surface area contributed by atoms with Crippen LogP contribution in [0.2, 0.25) is 0 Å². The summed E-state index contributed by atoms with van der Waals surface area (Å²) in [5, 5.41) is 0.193. The Morgan fingerprint density at radius 1 is 1.23 bits per heavy atom. The van der Waals surface area contributed by atoms with E-state index in [2.05, 4.69) is 9.46 Å². The van der Waals surface area contributed by atoms with Crippen LogP contribution >= 0.6 is 0 Å². The molecule has 0 spiro atoms. The highest BCUT2D eigenvalue weighted by Gasteiger charge is 2.21. The molecule has 1 aromatic heterocycles. The molecule has 1 aliphatic heterocycles. The summed E-state index contributed by atoms with van der Waals surface area (Å²) in [7, 11) is -0.586. The molecule has 9 heteroatoms. The van der Waals surface area contributed by atoms with E-state index in [-0.39, 0.29) is 29.1 Å². The Balaban J connectivity index is 1.52. The molecule has 0 saturated carbocycles. The van der Waals surface area contributed by atoms with Gasteiger partial charge in [0.1, 0.15) is 11.4 Å². The van der Waals surface area contributed by atoms with Gasteiger partial charge in [-0.25, -0.2) is 8.60 Å². The van der Waals surface area contributed by atoms with Crippen molar-refractivity contribution in [1.29, 1.82) is 0 Å². The third kappa shape index (κ3) is 4.46. The van der Waals surface area contributed by atoms with Gasteiger partial charge in [-0.15, -0.1) is 0 Å². The Hall–Kier alpha value is -3.20. The van der Waals surface area contributed by atoms with Crippen molar-refractivity contribution in [2.24, 2.45) is 0 Å². The summed E-state index contributed by atoms with van der Waals surface area (Å²) in [5.74, 6) is -1.71. The number of methoxy groups -OCH3 is 1. The molecule has 0 bridgehead atoms. The van der Waals surface area contributed by atoms with Crippen LogP contribution in [-0.2, 0) is 26.9 Å². The maximum Gasteiger partial charge on any atom is 0.305 e. The maximum absolute atomic E-state index is 14.5. The minimum absolute atomic E-state index is 0.126. The van der Waals surface area contributed by atoms with Gasteiger partial charge in [-0.3, -0.25) is 14.3 Å². The summed E-state index contributed by atoms with van der Waals surface area (Å²) in [5.41, 5.74) is 1.62. The normalized spacial score (nSPS) is 14.2. The van der Waals surface area contributed by atoms with Gasteiger partial charge in [0.15, 0.2) is 16.7 Å². The van der Waals surface area contributed by atoms with E-state index in [1.54, 1.807) is 30.3 Å². The molecule has 1 atom stereocenters. The van der Waals surface area contributed by atoms with E-state index in [0.717, 1.165) is 19.5 Å². The van der Waals surface area contributed by atoms with Gasteiger partial charge < -0.3 is 14.1 Å². The maximum atomic E-state index is 14.5. The summed E-state index contributed by atoms with van der Waals surface area (Å²) >= 11 is 0. The van der Waals surface area contributed by atoms with Gasteiger partial charge in [0.25, 0.3) is 5.91 Å². The lowest BCUT2D eigenvalue weighted by Gasteiger charge is -2.33. The average molecular weight is 444 g/mol. The van der Waals surface area contributed by atoms with Crippen LogP contribution in [-0.4, -0.2) is 36.3 Å². The van der Waals surface area contributed by atoms with Crippen LogP contribution in [0, 0.1) is 5.82 Å². The molecule has 1 unspecified atom stereocenters. The zero-order chi connectivity index (χ0) is 22.0. The number of halogens is 1. The Kier molecular flexibility index (Phi) is 6.03. The van der Waals surface area contributed by atoms with Crippen molar-refractivity contribution in [3.63, 3.8) is 0 Å². The minimum Gasteiger partial charge on any atom is -0.469 e. The number of aryl methyl sites for hydroxylation is 1. The first-order chi connectivity index (χ1) is 15.0. The number of benzene rings is 2. The predicted molar refractivity (Wildman–Crippen MR) is 114 cm³/mol. The zero-order valence-electron chi connectivity index (χ0n) is 16.9. The fraction of sp³-hybridized carbons (Fsp3) is 0.273. The number of rotatable bonds is 7. The molecule has 162 valence electrons. The predicted octanol–water partition coefficient (Wildman–Crippen LogP) is 3.34. The van der Waals surface area contributed by atoms with Gasteiger partial charge in [0, 0.05) is 37.3 Å². The highest BCUT2D eigenvalue weighted by molar-refractivity contribution is 7.83. The standard InChI is InChI=1S/C22H21FN2O5S/c1-29-21(26)8-7-14-5-2-3-6-20(14)31(28)24-22(27)19-13-16-17(23)11-15(12-18(16)30-19)25-9-4-10-25/h2-3,5-6,11-13H,4,7-10H2,1H3,(H,24,27).